The molecule has 27 heavy (non-hydrogen) atoms. The predicted molar refractivity (Wildman–Crippen MR) is 119 cm³/mol. The summed E-state index contributed by atoms with van der Waals surface area (Å²) in [6, 6.07) is 4.08. The van der Waals surface area contributed by atoms with Gasteiger partial charge >= 0.3 is 6.09 Å². The molecule has 2 heterocycles. The third-order valence-corrected chi connectivity index (χ3v) is 3.93. The molecule has 0 aromatic carbocycles. The summed E-state index contributed by atoms with van der Waals surface area (Å²) in [7, 11) is 0. The van der Waals surface area contributed by atoms with Gasteiger partial charge in [-0.3, -0.25) is 9.98 Å². The smallest absolute Gasteiger partial charge is 0.407 e. The van der Waals surface area contributed by atoms with Gasteiger partial charge in [0, 0.05) is 38.6 Å². The summed E-state index contributed by atoms with van der Waals surface area (Å²) in [5.41, 5.74) is 0.698. The first kappa shape index (κ1) is 23.5. The first-order chi connectivity index (χ1) is 12.4. The van der Waals surface area contributed by atoms with Crippen LogP contribution in [0.2, 0.25) is 0 Å². The highest BCUT2D eigenvalue weighted by atomic mass is 127. The van der Waals surface area contributed by atoms with Crippen LogP contribution in [-0.4, -0.2) is 59.8 Å². The third-order valence-electron chi connectivity index (χ3n) is 3.93. The zero-order chi connectivity index (χ0) is 19.0. The Morgan fingerprint density at radius 1 is 1.44 bits per heavy atom. The van der Waals surface area contributed by atoms with Gasteiger partial charge in [-0.25, -0.2) is 4.79 Å². The predicted octanol–water partition coefficient (Wildman–Crippen LogP) is 2.81. The number of amides is 1. The molecule has 1 fully saturated rings. The van der Waals surface area contributed by atoms with Gasteiger partial charge in [0.15, 0.2) is 5.96 Å². The van der Waals surface area contributed by atoms with E-state index < -0.39 is 5.60 Å². The fourth-order valence-electron chi connectivity index (χ4n) is 2.81. The molecule has 0 saturated carbocycles. The molecule has 1 aromatic heterocycles. The molecule has 1 aliphatic rings. The summed E-state index contributed by atoms with van der Waals surface area (Å²) < 4.78 is 5.34. The second-order valence-corrected chi connectivity index (χ2v) is 7.42. The van der Waals surface area contributed by atoms with Gasteiger partial charge in [0.25, 0.3) is 0 Å². The van der Waals surface area contributed by atoms with Crippen LogP contribution < -0.4 is 10.6 Å². The maximum Gasteiger partial charge on any atom is 0.407 e. The molecule has 8 heteroatoms. The quantitative estimate of drug-likeness (QED) is 0.378. The number of hydrogen-bond acceptors (Lipinski definition) is 4. The van der Waals surface area contributed by atoms with Crippen LogP contribution >= 0.6 is 24.0 Å². The van der Waals surface area contributed by atoms with E-state index >= 15 is 0 Å². The molecule has 0 unspecified atom stereocenters. The normalized spacial score (nSPS) is 17.3. The van der Waals surface area contributed by atoms with Crippen molar-refractivity contribution in [1.82, 2.24) is 20.5 Å². The summed E-state index contributed by atoms with van der Waals surface area (Å²) in [4.78, 5) is 23.0. The van der Waals surface area contributed by atoms with Gasteiger partial charge in [0.05, 0.1) is 6.04 Å². The van der Waals surface area contributed by atoms with Gasteiger partial charge in [0.2, 0.25) is 0 Å². The van der Waals surface area contributed by atoms with Crippen molar-refractivity contribution >= 4 is 36.0 Å². The Bertz CT molecular complexity index is 604. The summed E-state index contributed by atoms with van der Waals surface area (Å²) in [5, 5.41) is 6.29. The summed E-state index contributed by atoms with van der Waals surface area (Å²) >= 11 is 0. The van der Waals surface area contributed by atoms with E-state index in [0.717, 1.165) is 38.4 Å². The molecule has 0 aliphatic carbocycles. The maximum absolute atomic E-state index is 11.9. The number of guanidine groups is 1. The zero-order valence-electron chi connectivity index (χ0n) is 16.7. The number of nitrogens with zero attached hydrogens (tertiary/aromatic N) is 3. The Labute approximate surface area is 179 Å². The lowest BCUT2D eigenvalue weighted by molar-refractivity contribution is 0.0507. The Kier molecular flexibility index (Phi) is 9.82. The maximum atomic E-state index is 11.9. The summed E-state index contributed by atoms with van der Waals surface area (Å²) in [5.74, 6) is 0.893. The Morgan fingerprint density at radius 2 is 2.22 bits per heavy atom. The first-order valence-corrected chi connectivity index (χ1v) is 9.29. The van der Waals surface area contributed by atoms with E-state index in [0.29, 0.717) is 6.54 Å². The van der Waals surface area contributed by atoms with Gasteiger partial charge in [-0.05, 0) is 52.2 Å². The van der Waals surface area contributed by atoms with Gasteiger partial charge in [-0.2, -0.15) is 0 Å². The number of nitrogens with one attached hydrogen (secondary N) is 2. The molecule has 152 valence electrons. The number of hydrogen-bond donors (Lipinski definition) is 2. The molecule has 2 N–H and O–H groups in total. The summed E-state index contributed by atoms with van der Waals surface area (Å²) in [6.07, 6.45) is 5.03. The van der Waals surface area contributed by atoms with Crippen molar-refractivity contribution in [3.63, 3.8) is 0 Å². The SMILES string of the molecule is CCNC(=NCCc1cccnc1)N1CC[C@@H](NC(=O)OC(C)(C)C)C1.I. The van der Waals surface area contributed by atoms with Crippen molar-refractivity contribution in [2.75, 3.05) is 26.2 Å². The molecule has 0 spiro atoms. The number of alkyl carbamates (subject to hydrolysis) is 1. The number of rotatable bonds is 5. The number of pyridine rings is 1. The highest BCUT2D eigenvalue weighted by Crippen LogP contribution is 2.12. The van der Waals surface area contributed by atoms with Crippen LogP contribution in [0.4, 0.5) is 4.79 Å². The average molecular weight is 489 g/mol. The lowest BCUT2D eigenvalue weighted by Crippen LogP contribution is -2.44. The summed E-state index contributed by atoms with van der Waals surface area (Å²) in [6.45, 7) is 10.8. The van der Waals surface area contributed by atoms with E-state index in [-0.39, 0.29) is 36.1 Å². The number of aromatic nitrogens is 1. The fourth-order valence-corrected chi connectivity index (χ4v) is 2.81. The molecule has 2 rings (SSSR count). The molecule has 1 saturated heterocycles. The first-order valence-electron chi connectivity index (χ1n) is 9.29. The fraction of sp³-hybridized carbons (Fsp3) is 0.632. The Morgan fingerprint density at radius 3 is 2.85 bits per heavy atom. The number of halogens is 1. The van der Waals surface area contributed by atoms with E-state index in [1.54, 1.807) is 6.20 Å². The van der Waals surface area contributed by atoms with Crippen molar-refractivity contribution < 1.29 is 9.53 Å². The molecular weight excluding hydrogens is 457 g/mol. The topological polar surface area (TPSA) is 78.9 Å². The van der Waals surface area contributed by atoms with Gasteiger partial charge < -0.3 is 20.3 Å². The zero-order valence-corrected chi connectivity index (χ0v) is 19.0. The second-order valence-electron chi connectivity index (χ2n) is 7.42. The van der Waals surface area contributed by atoms with E-state index in [2.05, 4.69) is 33.5 Å². The molecule has 1 aliphatic heterocycles. The monoisotopic (exact) mass is 489 g/mol. The molecule has 1 atom stereocenters. The minimum atomic E-state index is -0.481. The Balaban J connectivity index is 0.00000364. The lowest BCUT2D eigenvalue weighted by Gasteiger charge is -2.23. The van der Waals surface area contributed by atoms with Crippen molar-refractivity contribution in [1.29, 1.82) is 0 Å². The minimum Gasteiger partial charge on any atom is -0.444 e. The van der Waals surface area contributed by atoms with Crippen LogP contribution in [-0.2, 0) is 11.2 Å². The van der Waals surface area contributed by atoms with Crippen molar-refractivity contribution in [2.45, 2.75) is 52.2 Å². The number of aliphatic imine (C=N–C) groups is 1. The third kappa shape index (κ3) is 8.77. The van der Waals surface area contributed by atoms with Crippen LogP contribution in [0, 0.1) is 0 Å². The average Bonchev–Trinajstić information content (AvgIpc) is 3.01. The van der Waals surface area contributed by atoms with Crippen LogP contribution in [0.3, 0.4) is 0 Å². The number of carbonyl (C=O) groups excluding carboxylic acids is 1. The molecule has 0 bridgehead atoms. The highest BCUT2D eigenvalue weighted by molar-refractivity contribution is 14.0. The Hall–Kier alpha value is -1.58. The van der Waals surface area contributed by atoms with Crippen LogP contribution in [0.15, 0.2) is 29.5 Å². The minimum absolute atomic E-state index is 0. The number of carbonyl (C=O) groups is 1. The molecule has 1 aromatic rings. The molecule has 7 nitrogen and oxygen atoms in total. The highest BCUT2D eigenvalue weighted by Gasteiger charge is 2.27. The van der Waals surface area contributed by atoms with E-state index in [1.807, 2.05) is 33.0 Å². The largest absolute Gasteiger partial charge is 0.444 e. The van der Waals surface area contributed by atoms with Gasteiger partial charge in [0.1, 0.15) is 5.60 Å². The van der Waals surface area contributed by atoms with Crippen LogP contribution in [0.25, 0.3) is 0 Å². The lowest BCUT2D eigenvalue weighted by atomic mass is 10.2. The number of ether oxygens (including phenoxy) is 1. The second kappa shape index (κ2) is 11.3. The van der Waals surface area contributed by atoms with Crippen molar-refractivity contribution in [3.8, 4) is 0 Å². The molecular formula is C19H32IN5O2. The standard InChI is InChI=1S/C19H31N5O2.HI/c1-5-21-17(22-11-8-15-7-6-10-20-13-15)24-12-9-16(14-24)23-18(25)26-19(2,3)4;/h6-7,10,13,16H,5,8-9,11-12,14H2,1-4H3,(H,21,22)(H,23,25);1H/t16-;/m1./s1. The van der Waals surface area contributed by atoms with Crippen molar-refractivity contribution in [3.05, 3.63) is 30.1 Å². The molecule has 0 radical (unpaired) electrons. The van der Waals surface area contributed by atoms with Crippen LogP contribution in [0.1, 0.15) is 39.7 Å². The number of likely N-dealkylation sites (tertiary alicyclic amines) is 1. The van der Waals surface area contributed by atoms with Crippen LogP contribution in [0.5, 0.6) is 0 Å². The molecule has 1 amide bonds. The van der Waals surface area contributed by atoms with Gasteiger partial charge in [-0.15, -0.1) is 24.0 Å². The van der Waals surface area contributed by atoms with Gasteiger partial charge in [-0.1, -0.05) is 6.07 Å². The van der Waals surface area contributed by atoms with E-state index in [9.17, 15) is 4.79 Å². The van der Waals surface area contributed by atoms with Crippen molar-refractivity contribution in [2.24, 2.45) is 4.99 Å². The van der Waals surface area contributed by atoms with E-state index in [4.69, 9.17) is 9.73 Å². The van der Waals surface area contributed by atoms with E-state index in [1.165, 1.54) is 5.56 Å².